The molecule has 1 N–H and O–H groups in total. The zero-order chi connectivity index (χ0) is 14.8. The summed E-state index contributed by atoms with van der Waals surface area (Å²) in [5.41, 5.74) is 1.90. The quantitative estimate of drug-likeness (QED) is 0.689. The fourth-order valence-electron chi connectivity index (χ4n) is 2.28. The van der Waals surface area contributed by atoms with Crippen molar-refractivity contribution in [3.8, 4) is 5.75 Å². The molecule has 1 aromatic heterocycles. The molecule has 3 aromatic rings. The molecule has 1 atom stereocenters. The van der Waals surface area contributed by atoms with Gasteiger partial charge in [-0.25, -0.2) is 0 Å². The van der Waals surface area contributed by atoms with E-state index in [4.69, 9.17) is 9.15 Å². The van der Waals surface area contributed by atoms with Crippen molar-refractivity contribution < 1.29 is 9.15 Å². The first-order valence-electron chi connectivity index (χ1n) is 6.75. The first-order valence-corrected chi connectivity index (χ1v) is 7.54. The molecule has 3 rings (SSSR count). The maximum Gasteiger partial charge on any atom is 0.134 e. The molecule has 1 heterocycles. The molecule has 0 radical (unpaired) electrons. The number of halogens is 1. The van der Waals surface area contributed by atoms with Crippen molar-refractivity contribution in [3.63, 3.8) is 0 Å². The van der Waals surface area contributed by atoms with E-state index in [1.165, 1.54) is 0 Å². The number of rotatable bonds is 4. The van der Waals surface area contributed by atoms with Crippen molar-refractivity contribution in [1.29, 1.82) is 0 Å². The lowest BCUT2D eigenvalue weighted by atomic mass is 10.2. The zero-order valence-electron chi connectivity index (χ0n) is 11.9. The fraction of sp³-hybridized carbons (Fsp3) is 0.176. The van der Waals surface area contributed by atoms with Gasteiger partial charge in [-0.15, -0.1) is 0 Å². The lowest BCUT2D eigenvalue weighted by molar-refractivity contribution is 0.415. The molecule has 0 saturated carbocycles. The van der Waals surface area contributed by atoms with Crippen LogP contribution in [0.3, 0.4) is 0 Å². The summed E-state index contributed by atoms with van der Waals surface area (Å²) in [6, 6.07) is 16.0. The summed E-state index contributed by atoms with van der Waals surface area (Å²) in [6.45, 7) is 2.08. The van der Waals surface area contributed by atoms with Gasteiger partial charge in [0.05, 0.1) is 13.2 Å². The number of benzene rings is 2. The minimum atomic E-state index is 0.0725. The summed E-state index contributed by atoms with van der Waals surface area (Å²) < 4.78 is 12.2. The molecule has 0 aliphatic heterocycles. The molecule has 21 heavy (non-hydrogen) atoms. The molecule has 0 saturated heterocycles. The monoisotopic (exact) mass is 345 g/mol. The number of methoxy groups -OCH3 is 1. The van der Waals surface area contributed by atoms with Crippen LogP contribution in [0.2, 0.25) is 0 Å². The third-order valence-electron chi connectivity index (χ3n) is 3.38. The fourth-order valence-corrected chi connectivity index (χ4v) is 2.66. The molecular formula is C17H16BrNO2. The Balaban J connectivity index is 1.84. The predicted molar refractivity (Wildman–Crippen MR) is 88.9 cm³/mol. The van der Waals surface area contributed by atoms with Gasteiger partial charge in [-0.05, 0) is 43.3 Å². The minimum Gasteiger partial charge on any atom is -0.497 e. The smallest absolute Gasteiger partial charge is 0.134 e. The Bertz CT molecular complexity index is 766. The molecule has 0 spiro atoms. The molecule has 0 bridgehead atoms. The first kappa shape index (κ1) is 14.0. The second-order valence-corrected chi connectivity index (χ2v) is 5.84. The molecule has 1 unspecified atom stereocenters. The molecule has 2 aromatic carbocycles. The Hall–Kier alpha value is -1.94. The molecule has 4 heteroatoms. The van der Waals surface area contributed by atoms with Gasteiger partial charge in [-0.3, -0.25) is 0 Å². The van der Waals surface area contributed by atoms with Gasteiger partial charge in [-0.2, -0.15) is 0 Å². The van der Waals surface area contributed by atoms with E-state index >= 15 is 0 Å². The zero-order valence-corrected chi connectivity index (χ0v) is 13.5. The highest BCUT2D eigenvalue weighted by Gasteiger charge is 2.12. The van der Waals surface area contributed by atoms with Gasteiger partial charge in [0.25, 0.3) is 0 Å². The Morgan fingerprint density at radius 1 is 1.14 bits per heavy atom. The van der Waals surface area contributed by atoms with Crippen molar-refractivity contribution in [3.05, 3.63) is 58.8 Å². The molecule has 0 aliphatic rings. The SMILES string of the molecule is COc1cccc(NC(C)c2cc3cc(Br)ccc3o2)c1. The average molecular weight is 346 g/mol. The van der Waals surface area contributed by atoms with E-state index in [-0.39, 0.29) is 6.04 Å². The second-order valence-electron chi connectivity index (χ2n) is 4.93. The van der Waals surface area contributed by atoms with E-state index in [1.807, 2.05) is 36.4 Å². The van der Waals surface area contributed by atoms with Crippen LogP contribution in [0.15, 0.2) is 57.4 Å². The topological polar surface area (TPSA) is 34.4 Å². The highest BCUT2D eigenvalue weighted by Crippen LogP contribution is 2.29. The summed E-state index contributed by atoms with van der Waals surface area (Å²) in [4.78, 5) is 0. The highest BCUT2D eigenvalue weighted by atomic mass is 79.9. The van der Waals surface area contributed by atoms with Crippen molar-refractivity contribution in [1.82, 2.24) is 0 Å². The van der Waals surface area contributed by atoms with Crippen LogP contribution in [-0.4, -0.2) is 7.11 Å². The van der Waals surface area contributed by atoms with Gasteiger partial charge in [0.1, 0.15) is 17.1 Å². The van der Waals surface area contributed by atoms with Crippen LogP contribution in [0, 0.1) is 0 Å². The average Bonchev–Trinajstić information content (AvgIpc) is 2.90. The third-order valence-corrected chi connectivity index (χ3v) is 3.87. The van der Waals surface area contributed by atoms with Crippen LogP contribution in [-0.2, 0) is 0 Å². The molecule has 108 valence electrons. The van der Waals surface area contributed by atoms with Gasteiger partial charge in [-0.1, -0.05) is 22.0 Å². The summed E-state index contributed by atoms with van der Waals surface area (Å²) in [5.74, 6) is 1.74. The van der Waals surface area contributed by atoms with Crippen molar-refractivity contribution in [2.75, 3.05) is 12.4 Å². The van der Waals surface area contributed by atoms with Crippen LogP contribution >= 0.6 is 15.9 Å². The van der Waals surface area contributed by atoms with Gasteiger partial charge >= 0.3 is 0 Å². The standard InChI is InChI=1S/C17H16BrNO2/c1-11(19-14-4-3-5-15(10-14)20-2)17-9-12-8-13(18)6-7-16(12)21-17/h3-11,19H,1-2H3. The van der Waals surface area contributed by atoms with Gasteiger partial charge in [0.15, 0.2) is 0 Å². The molecule has 0 amide bonds. The number of nitrogens with one attached hydrogen (secondary N) is 1. The van der Waals surface area contributed by atoms with Gasteiger partial charge in [0.2, 0.25) is 0 Å². The van der Waals surface area contributed by atoms with Gasteiger partial charge < -0.3 is 14.5 Å². The van der Waals surface area contributed by atoms with Crippen molar-refractivity contribution in [2.24, 2.45) is 0 Å². The predicted octanol–water partition coefficient (Wildman–Crippen LogP) is 5.38. The summed E-state index contributed by atoms with van der Waals surface area (Å²) >= 11 is 3.48. The highest BCUT2D eigenvalue weighted by molar-refractivity contribution is 9.10. The number of anilines is 1. The maximum atomic E-state index is 5.90. The van der Waals surface area contributed by atoms with Crippen LogP contribution in [0.1, 0.15) is 18.7 Å². The van der Waals surface area contributed by atoms with Crippen LogP contribution in [0.4, 0.5) is 5.69 Å². The number of hydrogen-bond acceptors (Lipinski definition) is 3. The van der Waals surface area contributed by atoms with Crippen molar-refractivity contribution >= 4 is 32.6 Å². The Morgan fingerprint density at radius 2 is 2.00 bits per heavy atom. The maximum absolute atomic E-state index is 5.90. The van der Waals surface area contributed by atoms with E-state index < -0.39 is 0 Å². The summed E-state index contributed by atoms with van der Waals surface area (Å²) in [6.07, 6.45) is 0. The Labute approximate surface area is 132 Å². The second kappa shape index (κ2) is 5.82. The van der Waals surface area contributed by atoms with Crippen LogP contribution < -0.4 is 10.1 Å². The largest absolute Gasteiger partial charge is 0.497 e. The third kappa shape index (κ3) is 3.05. The number of ether oxygens (including phenoxy) is 1. The van der Waals surface area contributed by atoms with Crippen LogP contribution in [0.25, 0.3) is 11.0 Å². The number of furan rings is 1. The number of hydrogen-bond donors (Lipinski definition) is 1. The molecule has 0 aliphatic carbocycles. The molecule has 0 fully saturated rings. The van der Waals surface area contributed by atoms with Crippen LogP contribution in [0.5, 0.6) is 5.75 Å². The van der Waals surface area contributed by atoms with Crippen molar-refractivity contribution in [2.45, 2.75) is 13.0 Å². The summed E-state index contributed by atoms with van der Waals surface area (Å²) in [7, 11) is 1.67. The molecular weight excluding hydrogens is 330 g/mol. The van der Waals surface area contributed by atoms with E-state index in [0.29, 0.717) is 0 Å². The minimum absolute atomic E-state index is 0.0725. The molecule has 3 nitrogen and oxygen atoms in total. The normalized spacial score (nSPS) is 12.3. The van der Waals surface area contributed by atoms with E-state index in [2.05, 4.69) is 40.3 Å². The van der Waals surface area contributed by atoms with Gasteiger partial charge in [0, 0.05) is 21.6 Å². The lowest BCUT2D eigenvalue weighted by Gasteiger charge is -2.13. The van der Waals surface area contributed by atoms with E-state index in [0.717, 1.165) is 32.6 Å². The van der Waals surface area contributed by atoms with E-state index in [1.54, 1.807) is 7.11 Å². The van der Waals surface area contributed by atoms with E-state index in [9.17, 15) is 0 Å². The Kier molecular flexibility index (Phi) is 3.88. The first-order chi connectivity index (χ1) is 10.2. The lowest BCUT2D eigenvalue weighted by Crippen LogP contribution is -2.05. The summed E-state index contributed by atoms with van der Waals surface area (Å²) in [5, 5.41) is 4.52. The number of fused-ring (bicyclic) bond motifs is 1. The Morgan fingerprint density at radius 3 is 2.81 bits per heavy atom.